The molecular weight excluding hydrogens is 250 g/mol. The van der Waals surface area contributed by atoms with Gasteiger partial charge in [0.15, 0.2) is 0 Å². The van der Waals surface area contributed by atoms with Gasteiger partial charge in [-0.3, -0.25) is 0 Å². The van der Waals surface area contributed by atoms with E-state index in [-0.39, 0.29) is 10.8 Å². The summed E-state index contributed by atoms with van der Waals surface area (Å²) in [4.78, 5) is 7.78. The Labute approximate surface area is 110 Å². The molecule has 0 radical (unpaired) electrons. The van der Waals surface area contributed by atoms with E-state index in [1.807, 2.05) is 12.1 Å². The van der Waals surface area contributed by atoms with Crippen molar-refractivity contribution in [3.05, 3.63) is 40.7 Å². The van der Waals surface area contributed by atoms with Gasteiger partial charge in [0.25, 0.3) is 0 Å². The zero-order valence-electron chi connectivity index (χ0n) is 9.69. The Kier molecular flexibility index (Phi) is 2.80. The van der Waals surface area contributed by atoms with Gasteiger partial charge in [0.2, 0.25) is 5.88 Å². The van der Waals surface area contributed by atoms with Gasteiger partial charge in [-0.1, -0.05) is 17.7 Å². The SMILES string of the molecule is Nc1ncnc(Oc2ccc3c(c2)CCC3)c1Cl. The molecule has 0 aliphatic heterocycles. The Hall–Kier alpha value is -1.81. The van der Waals surface area contributed by atoms with Gasteiger partial charge in [-0.2, -0.15) is 4.98 Å². The number of anilines is 1. The van der Waals surface area contributed by atoms with Crippen LogP contribution in [0.3, 0.4) is 0 Å². The highest BCUT2D eigenvalue weighted by molar-refractivity contribution is 6.34. The van der Waals surface area contributed by atoms with Gasteiger partial charge in [-0.05, 0) is 42.5 Å². The van der Waals surface area contributed by atoms with Gasteiger partial charge in [0.05, 0.1) is 0 Å². The summed E-state index contributed by atoms with van der Waals surface area (Å²) in [5.41, 5.74) is 8.34. The van der Waals surface area contributed by atoms with Crippen molar-refractivity contribution >= 4 is 17.4 Å². The summed E-state index contributed by atoms with van der Waals surface area (Å²) in [6, 6.07) is 6.06. The van der Waals surface area contributed by atoms with E-state index in [2.05, 4.69) is 16.0 Å². The lowest BCUT2D eigenvalue weighted by Crippen LogP contribution is -1.96. The topological polar surface area (TPSA) is 61.0 Å². The van der Waals surface area contributed by atoms with E-state index < -0.39 is 0 Å². The molecule has 0 saturated heterocycles. The molecule has 1 aliphatic carbocycles. The maximum absolute atomic E-state index is 5.99. The second kappa shape index (κ2) is 4.46. The lowest BCUT2D eigenvalue weighted by Gasteiger charge is -2.08. The number of benzene rings is 1. The molecule has 18 heavy (non-hydrogen) atoms. The van der Waals surface area contributed by atoms with Crippen molar-refractivity contribution < 1.29 is 4.74 Å². The van der Waals surface area contributed by atoms with Crippen LogP contribution in [0.15, 0.2) is 24.5 Å². The lowest BCUT2D eigenvalue weighted by molar-refractivity contribution is 0.461. The highest BCUT2D eigenvalue weighted by Gasteiger charge is 2.13. The molecule has 1 aromatic carbocycles. The van der Waals surface area contributed by atoms with E-state index in [1.54, 1.807) is 0 Å². The zero-order valence-corrected chi connectivity index (χ0v) is 10.4. The summed E-state index contributed by atoms with van der Waals surface area (Å²) in [7, 11) is 0. The molecule has 4 nitrogen and oxygen atoms in total. The van der Waals surface area contributed by atoms with Crippen LogP contribution in [0.4, 0.5) is 5.82 Å². The third kappa shape index (κ3) is 1.99. The molecule has 1 aliphatic rings. The molecule has 1 aromatic heterocycles. The minimum Gasteiger partial charge on any atom is -0.437 e. The highest BCUT2D eigenvalue weighted by Crippen LogP contribution is 2.32. The highest BCUT2D eigenvalue weighted by atomic mass is 35.5. The number of aromatic nitrogens is 2. The Morgan fingerprint density at radius 2 is 2.00 bits per heavy atom. The van der Waals surface area contributed by atoms with E-state index in [9.17, 15) is 0 Å². The molecule has 92 valence electrons. The standard InChI is InChI=1S/C13H12ClN3O/c14-11-12(15)16-7-17-13(11)18-10-5-4-8-2-1-3-9(8)6-10/h4-7H,1-3H2,(H2,15,16,17). The van der Waals surface area contributed by atoms with Crippen molar-refractivity contribution in [2.24, 2.45) is 0 Å². The molecule has 1 heterocycles. The van der Waals surface area contributed by atoms with Crippen molar-refractivity contribution in [1.82, 2.24) is 9.97 Å². The number of aryl methyl sites for hydroxylation is 2. The van der Waals surface area contributed by atoms with Crippen LogP contribution in [-0.2, 0) is 12.8 Å². The first kappa shape index (κ1) is 11.3. The molecule has 0 unspecified atom stereocenters. The first-order chi connectivity index (χ1) is 8.74. The van der Waals surface area contributed by atoms with Crippen molar-refractivity contribution in [3.8, 4) is 11.6 Å². The maximum atomic E-state index is 5.99. The van der Waals surface area contributed by atoms with Crippen molar-refractivity contribution in [1.29, 1.82) is 0 Å². The average Bonchev–Trinajstić information content (AvgIpc) is 2.82. The minimum absolute atomic E-state index is 0.225. The Morgan fingerprint density at radius 3 is 2.89 bits per heavy atom. The summed E-state index contributed by atoms with van der Waals surface area (Å²) in [5.74, 6) is 1.25. The molecule has 0 saturated carbocycles. The largest absolute Gasteiger partial charge is 0.437 e. The second-order valence-corrected chi connectivity index (χ2v) is 4.64. The van der Waals surface area contributed by atoms with Crippen LogP contribution in [0.25, 0.3) is 0 Å². The fraction of sp³-hybridized carbons (Fsp3) is 0.231. The summed E-state index contributed by atoms with van der Waals surface area (Å²) < 4.78 is 5.65. The molecule has 0 fully saturated rings. The van der Waals surface area contributed by atoms with Crippen LogP contribution in [0.5, 0.6) is 11.6 Å². The van der Waals surface area contributed by atoms with E-state index >= 15 is 0 Å². The quantitative estimate of drug-likeness (QED) is 0.903. The molecule has 2 aromatic rings. The van der Waals surface area contributed by atoms with Crippen LogP contribution < -0.4 is 10.5 Å². The normalized spacial score (nSPS) is 13.4. The fourth-order valence-electron chi connectivity index (χ4n) is 2.16. The number of nitrogens with zero attached hydrogens (tertiary/aromatic N) is 2. The first-order valence-electron chi connectivity index (χ1n) is 5.79. The summed E-state index contributed by atoms with van der Waals surface area (Å²) >= 11 is 5.99. The molecule has 0 bridgehead atoms. The monoisotopic (exact) mass is 261 g/mol. The smallest absolute Gasteiger partial charge is 0.243 e. The van der Waals surface area contributed by atoms with Crippen LogP contribution >= 0.6 is 11.6 Å². The van der Waals surface area contributed by atoms with E-state index in [0.29, 0.717) is 5.88 Å². The van der Waals surface area contributed by atoms with Crippen LogP contribution in [0, 0.1) is 0 Å². The zero-order chi connectivity index (χ0) is 12.5. The number of hydrogen-bond donors (Lipinski definition) is 1. The number of hydrogen-bond acceptors (Lipinski definition) is 4. The molecule has 0 spiro atoms. The van der Waals surface area contributed by atoms with Crippen molar-refractivity contribution in [2.75, 3.05) is 5.73 Å². The number of fused-ring (bicyclic) bond motifs is 1. The summed E-state index contributed by atoms with van der Waals surface area (Å²) in [5, 5.41) is 0.248. The minimum atomic E-state index is 0.225. The molecule has 0 atom stereocenters. The van der Waals surface area contributed by atoms with Gasteiger partial charge in [0.1, 0.15) is 22.9 Å². The van der Waals surface area contributed by atoms with E-state index in [1.165, 1.54) is 23.9 Å². The third-order valence-electron chi connectivity index (χ3n) is 3.07. The van der Waals surface area contributed by atoms with E-state index in [4.69, 9.17) is 22.1 Å². The molecule has 5 heteroatoms. The second-order valence-electron chi connectivity index (χ2n) is 4.26. The Morgan fingerprint density at radius 1 is 1.17 bits per heavy atom. The predicted molar refractivity (Wildman–Crippen MR) is 70.0 cm³/mol. The first-order valence-corrected chi connectivity index (χ1v) is 6.17. The van der Waals surface area contributed by atoms with Gasteiger partial charge in [-0.25, -0.2) is 4.98 Å². The van der Waals surface area contributed by atoms with Gasteiger partial charge >= 0.3 is 0 Å². The van der Waals surface area contributed by atoms with Crippen molar-refractivity contribution in [2.45, 2.75) is 19.3 Å². The van der Waals surface area contributed by atoms with Crippen LogP contribution in [-0.4, -0.2) is 9.97 Å². The van der Waals surface area contributed by atoms with Gasteiger partial charge < -0.3 is 10.5 Å². The summed E-state index contributed by atoms with van der Waals surface area (Å²) in [6.45, 7) is 0. The van der Waals surface area contributed by atoms with E-state index in [0.717, 1.165) is 18.6 Å². The predicted octanol–water partition coefficient (Wildman–Crippen LogP) is 2.99. The van der Waals surface area contributed by atoms with Crippen molar-refractivity contribution in [3.63, 3.8) is 0 Å². The fourth-order valence-corrected chi connectivity index (χ4v) is 2.30. The molecule has 0 amide bonds. The number of nitrogens with two attached hydrogens (primary N) is 1. The average molecular weight is 262 g/mol. The van der Waals surface area contributed by atoms with Gasteiger partial charge in [-0.15, -0.1) is 0 Å². The number of rotatable bonds is 2. The number of halogens is 1. The van der Waals surface area contributed by atoms with Crippen LogP contribution in [0.1, 0.15) is 17.5 Å². The molecular formula is C13H12ClN3O. The third-order valence-corrected chi connectivity index (χ3v) is 3.42. The Balaban J connectivity index is 1.90. The summed E-state index contributed by atoms with van der Waals surface area (Å²) in [6.07, 6.45) is 4.80. The Bertz CT molecular complexity index is 601. The number of nitrogen functional groups attached to an aromatic ring is 1. The lowest BCUT2D eigenvalue weighted by atomic mass is 10.1. The number of ether oxygens (including phenoxy) is 1. The molecule has 2 N–H and O–H groups in total. The molecule has 3 rings (SSSR count). The van der Waals surface area contributed by atoms with Crippen LogP contribution in [0.2, 0.25) is 5.02 Å². The van der Waals surface area contributed by atoms with Gasteiger partial charge in [0, 0.05) is 0 Å². The maximum Gasteiger partial charge on any atom is 0.243 e.